The third-order valence-corrected chi connectivity index (χ3v) is 3.62. The largest absolute Gasteiger partial charge is 0.390 e. The smallest absolute Gasteiger partial charge is 0.0833 e. The van der Waals surface area contributed by atoms with Crippen LogP contribution < -0.4 is 5.32 Å². The highest BCUT2D eigenvalue weighted by molar-refractivity contribution is 7.98. The molecule has 0 aliphatic carbocycles. The first-order chi connectivity index (χ1) is 7.95. The molecule has 0 aliphatic heterocycles. The van der Waals surface area contributed by atoms with Crippen LogP contribution in [-0.2, 0) is 0 Å². The summed E-state index contributed by atoms with van der Waals surface area (Å²) in [6.45, 7) is 9.64. The predicted molar refractivity (Wildman–Crippen MR) is 75.7 cm³/mol. The molecule has 104 valence electrons. The maximum absolute atomic E-state index is 9.93. The molecule has 0 aromatic carbocycles. The average Bonchev–Trinajstić information content (AvgIpc) is 2.25. The summed E-state index contributed by atoms with van der Waals surface area (Å²) in [7, 11) is 0. The van der Waals surface area contributed by atoms with E-state index >= 15 is 0 Å². The average molecular weight is 264 g/mol. The Labute approximate surface area is 110 Å². The van der Waals surface area contributed by atoms with Crippen molar-refractivity contribution in [2.24, 2.45) is 0 Å². The summed E-state index contributed by atoms with van der Waals surface area (Å²) in [5.74, 6) is 0.701. The lowest BCUT2D eigenvalue weighted by molar-refractivity contribution is 0.0730. The van der Waals surface area contributed by atoms with Gasteiger partial charge in [0.2, 0.25) is 0 Å². The van der Waals surface area contributed by atoms with Gasteiger partial charge in [0, 0.05) is 25.4 Å². The van der Waals surface area contributed by atoms with Crippen LogP contribution in [0.4, 0.5) is 0 Å². The van der Waals surface area contributed by atoms with Gasteiger partial charge in [-0.1, -0.05) is 13.8 Å². The molecule has 0 radical (unpaired) electrons. The summed E-state index contributed by atoms with van der Waals surface area (Å²) in [5.41, 5.74) is -0.700. The van der Waals surface area contributed by atoms with E-state index in [0.717, 1.165) is 13.1 Å². The normalized spacial score (nSPS) is 17.1. The maximum atomic E-state index is 9.93. The standard InChI is InChI=1S/C12H28N2O2S/c1-5-14(6-2)8-11(15)7-13-9-12(3,16)10-17-4/h11,13,15-16H,5-10H2,1-4H3. The summed E-state index contributed by atoms with van der Waals surface area (Å²) in [6.07, 6.45) is 1.60. The molecule has 4 nitrogen and oxygen atoms in total. The molecule has 0 saturated carbocycles. The van der Waals surface area contributed by atoms with Gasteiger partial charge in [0.15, 0.2) is 0 Å². The van der Waals surface area contributed by atoms with Crippen molar-refractivity contribution in [2.45, 2.75) is 32.5 Å². The second-order valence-corrected chi connectivity index (χ2v) is 5.57. The lowest BCUT2D eigenvalue weighted by Gasteiger charge is -2.25. The van der Waals surface area contributed by atoms with E-state index in [1.54, 1.807) is 11.8 Å². The van der Waals surface area contributed by atoms with Gasteiger partial charge < -0.3 is 20.4 Å². The van der Waals surface area contributed by atoms with Crippen molar-refractivity contribution in [3.8, 4) is 0 Å². The fourth-order valence-corrected chi connectivity index (χ4v) is 2.44. The van der Waals surface area contributed by atoms with Crippen molar-refractivity contribution < 1.29 is 10.2 Å². The summed E-state index contributed by atoms with van der Waals surface area (Å²) >= 11 is 1.62. The second-order valence-electron chi connectivity index (χ2n) is 4.70. The van der Waals surface area contributed by atoms with Crippen molar-refractivity contribution in [3.05, 3.63) is 0 Å². The van der Waals surface area contributed by atoms with Gasteiger partial charge in [0.1, 0.15) is 0 Å². The van der Waals surface area contributed by atoms with Crippen LogP contribution in [0.1, 0.15) is 20.8 Å². The molecule has 17 heavy (non-hydrogen) atoms. The number of aliphatic hydroxyl groups excluding tert-OH is 1. The van der Waals surface area contributed by atoms with Gasteiger partial charge in [-0.2, -0.15) is 11.8 Å². The van der Waals surface area contributed by atoms with Crippen molar-refractivity contribution in [2.75, 3.05) is 44.7 Å². The molecular weight excluding hydrogens is 236 g/mol. The summed E-state index contributed by atoms with van der Waals surface area (Å²) < 4.78 is 0. The number of nitrogens with zero attached hydrogens (tertiary/aromatic N) is 1. The zero-order valence-corrected chi connectivity index (χ0v) is 12.4. The molecule has 0 heterocycles. The molecule has 3 N–H and O–H groups in total. The van der Waals surface area contributed by atoms with E-state index < -0.39 is 5.60 Å². The first-order valence-electron chi connectivity index (χ1n) is 6.27. The molecule has 0 aromatic heterocycles. The Kier molecular flexibility index (Phi) is 9.27. The van der Waals surface area contributed by atoms with E-state index in [9.17, 15) is 10.2 Å². The Morgan fingerprint density at radius 1 is 1.35 bits per heavy atom. The Bertz CT molecular complexity index is 187. The highest BCUT2D eigenvalue weighted by Gasteiger charge is 2.19. The van der Waals surface area contributed by atoms with Crippen molar-refractivity contribution in [1.82, 2.24) is 10.2 Å². The number of aliphatic hydroxyl groups is 2. The van der Waals surface area contributed by atoms with E-state index in [1.165, 1.54) is 0 Å². The Balaban J connectivity index is 3.73. The van der Waals surface area contributed by atoms with Gasteiger partial charge in [0.25, 0.3) is 0 Å². The van der Waals surface area contributed by atoms with Gasteiger partial charge >= 0.3 is 0 Å². The number of thioether (sulfide) groups is 1. The molecule has 5 heteroatoms. The van der Waals surface area contributed by atoms with Gasteiger partial charge in [-0.15, -0.1) is 0 Å². The number of likely N-dealkylation sites (N-methyl/N-ethyl adjacent to an activating group) is 1. The maximum Gasteiger partial charge on any atom is 0.0833 e. The zero-order chi connectivity index (χ0) is 13.3. The lowest BCUT2D eigenvalue weighted by Crippen LogP contribution is -2.44. The van der Waals surface area contributed by atoms with Crippen LogP contribution in [0.2, 0.25) is 0 Å². The fraction of sp³-hybridized carbons (Fsp3) is 1.00. The number of hydrogen-bond donors (Lipinski definition) is 3. The van der Waals surface area contributed by atoms with Crippen LogP contribution in [0.15, 0.2) is 0 Å². The molecule has 2 atom stereocenters. The van der Waals surface area contributed by atoms with Crippen LogP contribution in [0.25, 0.3) is 0 Å². The molecule has 0 aliphatic rings. The lowest BCUT2D eigenvalue weighted by atomic mass is 10.1. The van der Waals surface area contributed by atoms with Gasteiger partial charge in [-0.05, 0) is 26.3 Å². The van der Waals surface area contributed by atoms with Crippen LogP contribution in [-0.4, -0.2) is 71.6 Å². The van der Waals surface area contributed by atoms with Crippen LogP contribution in [0.5, 0.6) is 0 Å². The molecule has 0 spiro atoms. The van der Waals surface area contributed by atoms with Crippen molar-refractivity contribution in [1.29, 1.82) is 0 Å². The number of nitrogens with one attached hydrogen (secondary N) is 1. The Morgan fingerprint density at radius 2 is 1.94 bits per heavy atom. The SMILES string of the molecule is CCN(CC)CC(O)CNCC(C)(O)CSC. The van der Waals surface area contributed by atoms with E-state index in [2.05, 4.69) is 24.1 Å². The van der Waals surface area contributed by atoms with E-state index in [-0.39, 0.29) is 6.10 Å². The molecule has 2 unspecified atom stereocenters. The Morgan fingerprint density at radius 3 is 2.41 bits per heavy atom. The van der Waals surface area contributed by atoms with Crippen molar-refractivity contribution >= 4 is 11.8 Å². The number of hydrogen-bond acceptors (Lipinski definition) is 5. The first kappa shape index (κ1) is 17.2. The van der Waals surface area contributed by atoms with E-state index in [4.69, 9.17) is 0 Å². The third-order valence-electron chi connectivity index (χ3n) is 2.70. The van der Waals surface area contributed by atoms with Crippen LogP contribution in [0, 0.1) is 0 Å². The van der Waals surface area contributed by atoms with E-state index in [0.29, 0.717) is 25.4 Å². The van der Waals surface area contributed by atoms with E-state index in [1.807, 2.05) is 13.2 Å². The molecule has 0 fully saturated rings. The fourth-order valence-electron chi connectivity index (χ4n) is 1.71. The summed E-state index contributed by atoms with van der Waals surface area (Å²) in [4.78, 5) is 2.19. The second kappa shape index (κ2) is 9.16. The zero-order valence-electron chi connectivity index (χ0n) is 11.6. The molecular formula is C12H28N2O2S. The predicted octanol–water partition coefficient (Wildman–Crippen LogP) is 0.393. The minimum Gasteiger partial charge on any atom is -0.390 e. The van der Waals surface area contributed by atoms with Gasteiger partial charge in [0.05, 0.1) is 11.7 Å². The summed E-state index contributed by atoms with van der Waals surface area (Å²) in [6, 6.07) is 0. The van der Waals surface area contributed by atoms with Crippen LogP contribution in [0.3, 0.4) is 0 Å². The molecule has 0 aromatic rings. The van der Waals surface area contributed by atoms with Gasteiger partial charge in [-0.25, -0.2) is 0 Å². The third kappa shape index (κ3) is 8.85. The molecule has 0 bridgehead atoms. The minimum absolute atomic E-state index is 0.375. The number of rotatable bonds is 10. The van der Waals surface area contributed by atoms with Gasteiger partial charge in [-0.3, -0.25) is 0 Å². The highest BCUT2D eigenvalue weighted by Crippen LogP contribution is 2.08. The van der Waals surface area contributed by atoms with Crippen molar-refractivity contribution in [3.63, 3.8) is 0 Å². The minimum atomic E-state index is -0.700. The Hall–Kier alpha value is 0.190. The highest BCUT2D eigenvalue weighted by atomic mass is 32.2. The summed E-state index contributed by atoms with van der Waals surface area (Å²) in [5, 5.41) is 22.9. The first-order valence-corrected chi connectivity index (χ1v) is 7.67. The molecule has 0 rings (SSSR count). The molecule has 0 amide bonds. The topological polar surface area (TPSA) is 55.7 Å². The monoisotopic (exact) mass is 264 g/mol. The quantitative estimate of drug-likeness (QED) is 0.533. The molecule has 0 saturated heterocycles. The van der Waals surface area contributed by atoms with Crippen LogP contribution >= 0.6 is 11.8 Å².